The molecule has 0 atom stereocenters. The van der Waals surface area contributed by atoms with E-state index >= 15 is 0 Å². The molecule has 0 saturated heterocycles. The molecule has 96 valence electrons. The highest BCUT2D eigenvalue weighted by molar-refractivity contribution is 7.15. The van der Waals surface area contributed by atoms with Crippen LogP contribution in [-0.2, 0) is 0 Å². The summed E-state index contributed by atoms with van der Waals surface area (Å²) in [7, 11) is 0. The molecule has 0 unspecified atom stereocenters. The molecular formula is C17H12N2S. The molecule has 0 fully saturated rings. The van der Waals surface area contributed by atoms with Gasteiger partial charge in [0, 0.05) is 17.8 Å². The maximum Gasteiger partial charge on any atom is 0.194 e. The van der Waals surface area contributed by atoms with Crippen molar-refractivity contribution < 1.29 is 0 Å². The number of fused-ring (bicyclic) bond motifs is 1. The first-order chi connectivity index (χ1) is 9.92. The van der Waals surface area contributed by atoms with Gasteiger partial charge < -0.3 is 0 Å². The predicted octanol–water partition coefficient (Wildman–Crippen LogP) is 4.73. The minimum absolute atomic E-state index is 1.03. The summed E-state index contributed by atoms with van der Waals surface area (Å²) in [5.74, 6) is 0. The number of hydrogen-bond donors (Lipinski definition) is 0. The summed E-state index contributed by atoms with van der Waals surface area (Å²) in [5, 5.41) is 2.15. The normalized spacial score (nSPS) is 11.0. The van der Waals surface area contributed by atoms with Crippen LogP contribution in [0.2, 0.25) is 0 Å². The molecule has 4 rings (SSSR count). The highest BCUT2D eigenvalue weighted by Gasteiger charge is 2.06. The van der Waals surface area contributed by atoms with Crippen LogP contribution < -0.4 is 0 Å². The van der Waals surface area contributed by atoms with E-state index in [-0.39, 0.29) is 0 Å². The molecule has 0 N–H and O–H groups in total. The van der Waals surface area contributed by atoms with E-state index in [4.69, 9.17) is 0 Å². The van der Waals surface area contributed by atoms with E-state index in [1.165, 1.54) is 22.4 Å². The van der Waals surface area contributed by atoms with Gasteiger partial charge in [-0.1, -0.05) is 54.6 Å². The average Bonchev–Trinajstić information content (AvgIpc) is 3.11. The minimum atomic E-state index is 1.03. The third-order valence-corrected chi connectivity index (χ3v) is 4.28. The zero-order chi connectivity index (χ0) is 13.4. The first-order valence-electron chi connectivity index (χ1n) is 6.48. The standard InChI is InChI=1S/C17H12N2S/c1-2-4-13(5-3-1)14-6-8-15(9-7-14)16-12-20-17-18-10-11-19(16)17/h1-12H. The molecule has 3 heteroatoms. The van der Waals surface area contributed by atoms with Gasteiger partial charge >= 0.3 is 0 Å². The number of aromatic nitrogens is 2. The molecule has 0 saturated carbocycles. The largest absolute Gasteiger partial charge is 0.290 e. The van der Waals surface area contributed by atoms with Crippen molar-refractivity contribution in [3.05, 3.63) is 72.4 Å². The summed E-state index contributed by atoms with van der Waals surface area (Å²) in [6.45, 7) is 0. The van der Waals surface area contributed by atoms with Crippen LogP contribution in [0.15, 0.2) is 72.4 Å². The highest BCUT2D eigenvalue weighted by Crippen LogP contribution is 2.27. The maximum atomic E-state index is 4.31. The first kappa shape index (κ1) is 11.4. The van der Waals surface area contributed by atoms with Crippen molar-refractivity contribution in [2.24, 2.45) is 0 Å². The molecule has 0 aliphatic rings. The Morgan fingerprint density at radius 2 is 1.50 bits per heavy atom. The minimum Gasteiger partial charge on any atom is -0.290 e. The van der Waals surface area contributed by atoms with Gasteiger partial charge in [-0.25, -0.2) is 4.98 Å². The lowest BCUT2D eigenvalue weighted by molar-refractivity contribution is 1.24. The molecule has 0 radical (unpaired) electrons. The van der Waals surface area contributed by atoms with Crippen LogP contribution in [0, 0.1) is 0 Å². The number of thiazole rings is 1. The Bertz CT molecular complexity index is 841. The zero-order valence-corrected chi connectivity index (χ0v) is 11.5. The fourth-order valence-electron chi connectivity index (χ4n) is 2.40. The Hall–Kier alpha value is -2.39. The van der Waals surface area contributed by atoms with Gasteiger partial charge in [-0.3, -0.25) is 4.40 Å². The van der Waals surface area contributed by atoms with Gasteiger partial charge in [0.05, 0.1) is 5.69 Å². The van der Waals surface area contributed by atoms with Gasteiger partial charge in [0.15, 0.2) is 4.96 Å². The highest BCUT2D eigenvalue weighted by atomic mass is 32.1. The number of nitrogens with zero attached hydrogens (tertiary/aromatic N) is 2. The van der Waals surface area contributed by atoms with Crippen LogP contribution >= 0.6 is 11.3 Å². The monoisotopic (exact) mass is 276 g/mol. The Morgan fingerprint density at radius 3 is 2.30 bits per heavy atom. The van der Waals surface area contributed by atoms with Gasteiger partial charge in [-0.05, 0) is 16.7 Å². The van der Waals surface area contributed by atoms with Crippen molar-refractivity contribution in [1.29, 1.82) is 0 Å². The van der Waals surface area contributed by atoms with Crippen molar-refractivity contribution in [1.82, 2.24) is 9.38 Å². The average molecular weight is 276 g/mol. The van der Waals surface area contributed by atoms with Crippen molar-refractivity contribution in [2.75, 3.05) is 0 Å². The maximum absolute atomic E-state index is 4.31. The second-order valence-corrected chi connectivity index (χ2v) is 5.48. The SMILES string of the molecule is c1ccc(-c2ccc(-c3csc4nccn34)cc2)cc1. The van der Waals surface area contributed by atoms with Gasteiger partial charge in [0.25, 0.3) is 0 Å². The molecule has 2 aromatic heterocycles. The van der Waals surface area contributed by atoms with E-state index in [1.807, 2.05) is 18.5 Å². The Balaban J connectivity index is 1.77. The topological polar surface area (TPSA) is 17.3 Å². The summed E-state index contributed by atoms with van der Waals surface area (Å²) in [6.07, 6.45) is 3.85. The molecular weight excluding hydrogens is 264 g/mol. The van der Waals surface area contributed by atoms with Gasteiger partial charge in [0.2, 0.25) is 0 Å². The predicted molar refractivity (Wildman–Crippen MR) is 83.9 cm³/mol. The lowest BCUT2D eigenvalue weighted by atomic mass is 10.0. The van der Waals surface area contributed by atoms with E-state index in [9.17, 15) is 0 Å². The van der Waals surface area contributed by atoms with Crippen molar-refractivity contribution >= 4 is 16.3 Å². The molecule has 0 aliphatic carbocycles. The van der Waals surface area contributed by atoms with E-state index < -0.39 is 0 Å². The fraction of sp³-hybridized carbons (Fsp3) is 0. The summed E-state index contributed by atoms with van der Waals surface area (Å²) in [5.41, 5.74) is 4.90. The fourth-order valence-corrected chi connectivity index (χ4v) is 3.26. The number of hydrogen-bond acceptors (Lipinski definition) is 2. The smallest absolute Gasteiger partial charge is 0.194 e. The van der Waals surface area contributed by atoms with Gasteiger partial charge in [-0.15, -0.1) is 11.3 Å². The summed E-state index contributed by atoms with van der Waals surface area (Å²) in [6, 6.07) is 19.1. The van der Waals surface area contributed by atoms with E-state index in [0.717, 1.165) is 4.96 Å². The summed E-state index contributed by atoms with van der Waals surface area (Å²) >= 11 is 1.67. The van der Waals surface area contributed by atoms with Crippen LogP contribution in [-0.4, -0.2) is 9.38 Å². The van der Waals surface area contributed by atoms with Gasteiger partial charge in [0.1, 0.15) is 0 Å². The Labute approximate surface area is 121 Å². The van der Waals surface area contributed by atoms with Gasteiger partial charge in [-0.2, -0.15) is 0 Å². The number of benzene rings is 2. The number of imidazole rings is 1. The molecule has 0 bridgehead atoms. The second-order valence-electron chi connectivity index (χ2n) is 4.64. The third-order valence-electron chi connectivity index (χ3n) is 3.43. The molecule has 0 aliphatic heterocycles. The Kier molecular flexibility index (Phi) is 2.64. The van der Waals surface area contributed by atoms with Crippen LogP contribution in [0.1, 0.15) is 0 Å². The van der Waals surface area contributed by atoms with Crippen LogP contribution in [0.3, 0.4) is 0 Å². The van der Waals surface area contributed by atoms with E-state index in [0.29, 0.717) is 0 Å². The van der Waals surface area contributed by atoms with Crippen LogP contribution in [0.4, 0.5) is 0 Å². The molecule has 0 spiro atoms. The lowest BCUT2D eigenvalue weighted by Gasteiger charge is -2.04. The van der Waals surface area contributed by atoms with Crippen molar-refractivity contribution in [2.45, 2.75) is 0 Å². The summed E-state index contributed by atoms with van der Waals surface area (Å²) < 4.78 is 2.13. The second kappa shape index (κ2) is 4.62. The molecule has 2 aromatic carbocycles. The zero-order valence-electron chi connectivity index (χ0n) is 10.7. The third kappa shape index (κ3) is 1.84. The lowest BCUT2D eigenvalue weighted by Crippen LogP contribution is -1.84. The van der Waals surface area contributed by atoms with Crippen molar-refractivity contribution in [3.8, 4) is 22.4 Å². The van der Waals surface area contributed by atoms with Crippen molar-refractivity contribution in [3.63, 3.8) is 0 Å². The Morgan fingerprint density at radius 1 is 0.800 bits per heavy atom. The molecule has 20 heavy (non-hydrogen) atoms. The molecule has 0 amide bonds. The molecule has 2 nitrogen and oxygen atoms in total. The van der Waals surface area contributed by atoms with Crippen LogP contribution in [0.5, 0.6) is 0 Å². The molecule has 2 heterocycles. The molecule has 4 aromatic rings. The van der Waals surface area contributed by atoms with E-state index in [1.54, 1.807) is 11.3 Å². The first-order valence-corrected chi connectivity index (χ1v) is 7.36. The van der Waals surface area contributed by atoms with E-state index in [2.05, 4.69) is 63.3 Å². The van der Waals surface area contributed by atoms with Crippen LogP contribution in [0.25, 0.3) is 27.3 Å². The quantitative estimate of drug-likeness (QED) is 0.517. The summed E-state index contributed by atoms with van der Waals surface area (Å²) in [4.78, 5) is 5.35. The number of rotatable bonds is 2.